The first-order valence-corrected chi connectivity index (χ1v) is 2.50. The minimum atomic E-state index is -0.390. The Morgan fingerprint density at radius 2 is 2.20 bits per heavy atom. The Bertz CT molecular complexity index is 400. The first-order valence-electron chi connectivity index (χ1n) is 2.50. The largest absolute Gasteiger partial charge is 0.297 e. The average molecular weight is 138 g/mol. The molecule has 0 aliphatic rings. The van der Waals surface area contributed by atoms with Crippen LogP contribution in [0.4, 0.5) is 0 Å². The topological polar surface area (TPSA) is 100 Å². The van der Waals surface area contributed by atoms with Crippen LogP contribution < -0.4 is 5.56 Å². The highest BCUT2D eigenvalue weighted by Crippen LogP contribution is 1.89. The third-order valence-corrected chi connectivity index (χ3v) is 1.04. The smallest absolute Gasteiger partial charge is 0.265 e. The molecule has 0 radical (unpaired) electrons. The molecule has 0 bridgehead atoms. The van der Waals surface area contributed by atoms with Crippen LogP contribution in [0.3, 0.4) is 0 Å². The summed E-state index contributed by atoms with van der Waals surface area (Å²) in [6, 6.07) is 0. The van der Waals surface area contributed by atoms with Crippen molar-refractivity contribution in [2.24, 2.45) is 0 Å². The molecular formula is C3H2N6O. The van der Waals surface area contributed by atoms with Gasteiger partial charge in [-0.25, -0.2) is 5.10 Å². The molecule has 0 atom stereocenters. The van der Waals surface area contributed by atoms with Crippen molar-refractivity contribution in [1.29, 1.82) is 0 Å². The van der Waals surface area contributed by atoms with Crippen LogP contribution >= 0.6 is 0 Å². The molecule has 50 valence electrons. The molecule has 0 amide bonds. The SMILES string of the molecule is O=c1[nH]nnc2n[nH]nc12. The van der Waals surface area contributed by atoms with E-state index in [1.54, 1.807) is 0 Å². The number of aromatic nitrogens is 6. The predicted octanol–water partition coefficient (Wildman–Crippen LogP) is -1.56. The Kier molecular flexibility index (Phi) is 0.802. The van der Waals surface area contributed by atoms with E-state index >= 15 is 0 Å². The van der Waals surface area contributed by atoms with Crippen LogP contribution in [0, 0.1) is 0 Å². The van der Waals surface area contributed by atoms with E-state index in [0.29, 0.717) is 0 Å². The van der Waals surface area contributed by atoms with Gasteiger partial charge in [-0.15, -0.1) is 15.3 Å². The van der Waals surface area contributed by atoms with Gasteiger partial charge < -0.3 is 0 Å². The van der Waals surface area contributed by atoms with Gasteiger partial charge >= 0.3 is 0 Å². The molecule has 0 spiro atoms. The molecule has 0 unspecified atom stereocenters. The van der Waals surface area contributed by atoms with Crippen molar-refractivity contribution in [3.05, 3.63) is 10.4 Å². The summed E-state index contributed by atoms with van der Waals surface area (Å²) in [6.45, 7) is 0. The van der Waals surface area contributed by atoms with Crippen molar-refractivity contribution in [1.82, 2.24) is 30.8 Å². The lowest BCUT2D eigenvalue weighted by Crippen LogP contribution is -2.09. The van der Waals surface area contributed by atoms with Gasteiger partial charge in [0.15, 0.2) is 5.52 Å². The second kappa shape index (κ2) is 1.59. The fourth-order valence-corrected chi connectivity index (χ4v) is 0.618. The zero-order valence-corrected chi connectivity index (χ0v) is 4.70. The summed E-state index contributed by atoms with van der Waals surface area (Å²) in [5.41, 5.74) is 0.0116. The van der Waals surface area contributed by atoms with Gasteiger partial charge in [0.2, 0.25) is 5.65 Å². The van der Waals surface area contributed by atoms with Crippen LogP contribution in [0.5, 0.6) is 0 Å². The minimum absolute atomic E-state index is 0.176. The number of nitrogens with zero attached hydrogens (tertiary/aromatic N) is 4. The van der Waals surface area contributed by atoms with Crippen molar-refractivity contribution in [2.75, 3.05) is 0 Å². The van der Waals surface area contributed by atoms with Gasteiger partial charge in [-0.1, -0.05) is 5.21 Å². The standard InChI is InChI=1S/C3H2N6O/c10-3-1-2(5-8-4-1)6-9-7-3/h(H2,4,5,6,7,8,10). The summed E-state index contributed by atoms with van der Waals surface area (Å²) < 4.78 is 0. The summed E-state index contributed by atoms with van der Waals surface area (Å²) in [5.74, 6) is 0. The number of hydrogen-bond acceptors (Lipinski definition) is 5. The molecule has 2 aromatic heterocycles. The Hall–Kier alpha value is -1.79. The number of nitrogens with one attached hydrogen (secondary N) is 2. The van der Waals surface area contributed by atoms with E-state index in [0.717, 1.165) is 0 Å². The van der Waals surface area contributed by atoms with Crippen LogP contribution in [-0.2, 0) is 0 Å². The van der Waals surface area contributed by atoms with Crippen molar-refractivity contribution in [2.45, 2.75) is 0 Å². The number of rotatable bonds is 0. The van der Waals surface area contributed by atoms with Gasteiger partial charge in [0, 0.05) is 0 Å². The molecule has 7 nitrogen and oxygen atoms in total. The lowest BCUT2D eigenvalue weighted by Gasteiger charge is -1.77. The van der Waals surface area contributed by atoms with E-state index < -0.39 is 5.56 Å². The summed E-state index contributed by atoms with van der Waals surface area (Å²) in [5, 5.41) is 18.2. The highest BCUT2D eigenvalue weighted by atomic mass is 16.1. The second-order valence-electron chi connectivity index (χ2n) is 1.64. The lowest BCUT2D eigenvalue weighted by molar-refractivity contribution is 0.863. The van der Waals surface area contributed by atoms with E-state index in [-0.39, 0.29) is 11.2 Å². The quantitative estimate of drug-likeness (QED) is 0.458. The van der Waals surface area contributed by atoms with Gasteiger partial charge in [-0.3, -0.25) is 4.79 Å². The van der Waals surface area contributed by atoms with Crippen molar-refractivity contribution in [3.8, 4) is 0 Å². The first-order chi connectivity index (χ1) is 4.88. The number of H-pyrrole nitrogens is 2. The maximum absolute atomic E-state index is 10.8. The Morgan fingerprint density at radius 1 is 1.30 bits per heavy atom. The van der Waals surface area contributed by atoms with E-state index in [2.05, 4.69) is 30.8 Å². The molecule has 0 saturated heterocycles. The number of hydrogen-bond donors (Lipinski definition) is 2. The van der Waals surface area contributed by atoms with Crippen molar-refractivity contribution in [3.63, 3.8) is 0 Å². The molecule has 2 aromatic rings. The molecule has 2 N–H and O–H groups in total. The first kappa shape index (κ1) is 5.03. The Labute approximate surface area is 53.5 Å². The fourth-order valence-electron chi connectivity index (χ4n) is 0.618. The van der Waals surface area contributed by atoms with Crippen molar-refractivity contribution < 1.29 is 0 Å². The third-order valence-electron chi connectivity index (χ3n) is 1.04. The molecule has 0 aliphatic carbocycles. The lowest BCUT2D eigenvalue weighted by atomic mass is 10.6. The molecule has 2 heterocycles. The average Bonchev–Trinajstić information content (AvgIpc) is 2.36. The van der Waals surface area contributed by atoms with E-state index in [9.17, 15) is 4.79 Å². The second-order valence-corrected chi connectivity index (χ2v) is 1.64. The van der Waals surface area contributed by atoms with Crippen LogP contribution in [0.25, 0.3) is 11.2 Å². The maximum Gasteiger partial charge on any atom is 0.297 e. The predicted molar refractivity (Wildman–Crippen MR) is 30.1 cm³/mol. The summed E-state index contributed by atoms with van der Waals surface area (Å²) in [7, 11) is 0. The number of aromatic amines is 2. The molecule has 0 aromatic carbocycles. The van der Waals surface area contributed by atoms with Crippen LogP contribution in [0.1, 0.15) is 0 Å². The molecule has 2 rings (SSSR count). The summed E-state index contributed by atoms with van der Waals surface area (Å²) in [4.78, 5) is 10.8. The maximum atomic E-state index is 10.8. The summed E-state index contributed by atoms with van der Waals surface area (Å²) >= 11 is 0. The summed E-state index contributed by atoms with van der Waals surface area (Å²) in [6.07, 6.45) is 0. The van der Waals surface area contributed by atoms with Gasteiger partial charge in [-0.2, -0.15) is 5.21 Å². The normalized spacial score (nSPS) is 10.4. The van der Waals surface area contributed by atoms with E-state index in [4.69, 9.17) is 0 Å². The van der Waals surface area contributed by atoms with Crippen LogP contribution in [0.15, 0.2) is 4.79 Å². The van der Waals surface area contributed by atoms with Gasteiger partial charge in [0.1, 0.15) is 0 Å². The Morgan fingerprint density at radius 3 is 3.00 bits per heavy atom. The van der Waals surface area contributed by atoms with E-state index in [1.165, 1.54) is 0 Å². The molecule has 0 saturated carbocycles. The molecule has 0 aliphatic heterocycles. The van der Waals surface area contributed by atoms with Gasteiger partial charge in [-0.05, 0) is 0 Å². The van der Waals surface area contributed by atoms with Gasteiger partial charge in [0.05, 0.1) is 0 Å². The Balaban J connectivity index is 3.09. The number of fused-ring (bicyclic) bond motifs is 1. The van der Waals surface area contributed by atoms with Crippen LogP contribution in [0.2, 0.25) is 0 Å². The zero-order valence-electron chi connectivity index (χ0n) is 4.70. The molecule has 10 heavy (non-hydrogen) atoms. The zero-order chi connectivity index (χ0) is 6.97. The van der Waals surface area contributed by atoms with E-state index in [1.807, 2.05) is 0 Å². The monoisotopic (exact) mass is 138 g/mol. The van der Waals surface area contributed by atoms with Crippen LogP contribution in [-0.4, -0.2) is 30.8 Å². The van der Waals surface area contributed by atoms with Gasteiger partial charge in [0.25, 0.3) is 5.56 Å². The molecule has 0 fully saturated rings. The third kappa shape index (κ3) is 0.508. The molecular weight excluding hydrogens is 136 g/mol. The minimum Gasteiger partial charge on any atom is -0.265 e. The highest BCUT2D eigenvalue weighted by molar-refractivity contribution is 5.65. The fraction of sp³-hybridized carbons (Fsp3) is 0. The highest BCUT2D eigenvalue weighted by Gasteiger charge is 2.01. The van der Waals surface area contributed by atoms with Crippen molar-refractivity contribution >= 4 is 11.2 Å². The molecule has 7 heteroatoms.